The van der Waals surface area contributed by atoms with Crippen molar-refractivity contribution < 1.29 is 4.74 Å². The van der Waals surface area contributed by atoms with Gasteiger partial charge in [-0.1, -0.05) is 6.07 Å². The van der Waals surface area contributed by atoms with Gasteiger partial charge in [0.2, 0.25) is 0 Å². The molecule has 0 saturated carbocycles. The molecule has 7 heteroatoms. The molecule has 2 rings (SSSR count). The minimum atomic E-state index is 0.442. The van der Waals surface area contributed by atoms with Gasteiger partial charge in [0.05, 0.1) is 19.8 Å². The number of hydrogen-bond acceptors (Lipinski definition) is 5. The van der Waals surface area contributed by atoms with Crippen LogP contribution in [-0.2, 0) is 4.74 Å². The first kappa shape index (κ1) is 20.5. The summed E-state index contributed by atoms with van der Waals surface area (Å²) >= 11 is 0. The largest absolute Gasteiger partial charge is 0.379 e. The standard InChI is InChI=1S/C19H34N6O/c1-3-20-19(24-16-17(2)25-12-14-26-15-13-25)23-11-7-6-10-22-18-8-4-5-9-21-18/h4-5,8-9,17H,3,6-7,10-16H2,1-2H3,(H,21,22)(H2,20,23,24). The summed E-state index contributed by atoms with van der Waals surface area (Å²) in [6.45, 7) is 11.5. The molecular formula is C19H34N6O. The number of pyridine rings is 1. The van der Waals surface area contributed by atoms with Crippen molar-refractivity contribution in [1.82, 2.24) is 20.5 Å². The number of aromatic nitrogens is 1. The highest BCUT2D eigenvalue weighted by molar-refractivity contribution is 5.79. The van der Waals surface area contributed by atoms with E-state index in [9.17, 15) is 0 Å². The zero-order valence-electron chi connectivity index (χ0n) is 16.2. The highest BCUT2D eigenvalue weighted by atomic mass is 16.5. The van der Waals surface area contributed by atoms with Crippen molar-refractivity contribution in [1.29, 1.82) is 0 Å². The second-order valence-corrected chi connectivity index (χ2v) is 6.49. The summed E-state index contributed by atoms with van der Waals surface area (Å²) < 4.78 is 5.42. The predicted octanol–water partition coefficient (Wildman–Crippen LogP) is 1.55. The summed E-state index contributed by atoms with van der Waals surface area (Å²) in [6, 6.07) is 6.35. The zero-order chi connectivity index (χ0) is 18.5. The topological polar surface area (TPSA) is 73.8 Å². The fourth-order valence-corrected chi connectivity index (χ4v) is 2.84. The fraction of sp³-hybridized carbons (Fsp3) is 0.684. The van der Waals surface area contributed by atoms with Crippen LogP contribution in [0.3, 0.4) is 0 Å². The van der Waals surface area contributed by atoms with Crippen LogP contribution < -0.4 is 16.0 Å². The monoisotopic (exact) mass is 362 g/mol. The second kappa shape index (κ2) is 12.5. The summed E-state index contributed by atoms with van der Waals surface area (Å²) in [6.07, 6.45) is 3.98. The number of morpholine rings is 1. The molecule has 0 spiro atoms. The van der Waals surface area contributed by atoms with E-state index in [4.69, 9.17) is 9.73 Å². The Balaban J connectivity index is 1.61. The lowest BCUT2D eigenvalue weighted by atomic mass is 10.2. The Hall–Kier alpha value is -1.86. The third-order valence-corrected chi connectivity index (χ3v) is 4.39. The first-order valence-electron chi connectivity index (χ1n) is 9.78. The van der Waals surface area contributed by atoms with Crippen molar-refractivity contribution in [3.05, 3.63) is 24.4 Å². The Morgan fingerprint density at radius 3 is 2.77 bits per heavy atom. The van der Waals surface area contributed by atoms with Crippen LogP contribution in [0.2, 0.25) is 0 Å². The van der Waals surface area contributed by atoms with Crippen LogP contribution in [0, 0.1) is 0 Å². The van der Waals surface area contributed by atoms with Crippen LogP contribution in [0.5, 0.6) is 0 Å². The SMILES string of the molecule is CCNC(=NCC(C)N1CCOCC1)NCCCCNc1ccccn1. The molecule has 26 heavy (non-hydrogen) atoms. The lowest BCUT2D eigenvalue weighted by molar-refractivity contribution is 0.0220. The van der Waals surface area contributed by atoms with Gasteiger partial charge in [0.15, 0.2) is 5.96 Å². The van der Waals surface area contributed by atoms with Crippen molar-refractivity contribution >= 4 is 11.8 Å². The predicted molar refractivity (Wildman–Crippen MR) is 108 cm³/mol. The molecule has 1 aliphatic rings. The van der Waals surface area contributed by atoms with E-state index >= 15 is 0 Å². The molecule has 0 aromatic carbocycles. The van der Waals surface area contributed by atoms with E-state index in [0.29, 0.717) is 6.04 Å². The van der Waals surface area contributed by atoms with Crippen molar-refractivity contribution in [2.24, 2.45) is 4.99 Å². The average molecular weight is 363 g/mol. The molecule has 1 atom stereocenters. The number of aliphatic imine (C=N–C) groups is 1. The number of ether oxygens (including phenoxy) is 1. The van der Waals surface area contributed by atoms with Gasteiger partial charge in [-0.05, 0) is 38.8 Å². The van der Waals surface area contributed by atoms with Crippen LogP contribution in [0.25, 0.3) is 0 Å². The van der Waals surface area contributed by atoms with Gasteiger partial charge in [-0.15, -0.1) is 0 Å². The summed E-state index contributed by atoms with van der Waals surface area (Å²) in [4.78, 5) is 11.4. The molecule has 1 saturated heterocycles. The number of nitrogens with one attached hydrogen (secondary N) is 3. The third kappa shape index (κ3) is 8.01. The Kier molecular flexibility index (Phi) is 9.82. The maximum Gasteiger partial charge on any atom is 0.191 e. The third-order valence-electron chi connectivity index (χ3n) is 4.39. The fourth-order valence-electron chi connectivity index (χ4n) is 2.84. The Labute approximate surface area is 157 Å². The van der Waals surface area contributed by atoms with Gasteiger partial charge in [-0.2, -0.15) is 0 Å². The molecule has 146 valence electrons. The highest BCUT2D eigenvalue weighted by Gasteiger charge is 2.16. The van der Waals surface area contributed by atoms with Gasteiger partial charge in [0, 0.05) is 45.0 Å². The molecule has 0 radical (unpaired) electrons. The van der Waals surface area contributed by atoms with E-state index in [0.717, 1.165) is 77.1 Å². The van der Waals surface area contributed by atoms with E-state index in [1.165, 1.54) is 0 Å². The number of unbranched alkanes of at least 4 members (excludes halogenated alkanes) is 1. The summed E-state index contributed by atoms with van der Waals surface area (Å²) in [5.41, 5.74) is 0. The van der Waals surface area contributed by atoms with Gasteiger partial charge < -0.3 is 20.7 Å². The van der Waals surface area contributed by atoms with E-state index in [-0.39, 0.29) is 0 Å². The van der Waals surface area contributed by atoms with Gasteiger partial charge in [0.25, 0.3) is 0 Å². The lowest BCUT2D eigenvalue weighted by Crippen LogP contribution is -2.44. The number of anilines is 1. The average Bonchev–Trinajstić information content (AvgIpc) is 2.69. The molecular weight excluding hydrogens is 328 g/mol. The normalized spacial score (nSPS) is 16.9. The van der Waals surface area contributed by atoms with Crippen LogP contribution >= 0.6 is 0 Å². The van der Waals surface area contributed by atoms with Crippen molar-refractivity contribution in [2.75, 3.05) is 57.8 Å². The number of nitrogens with zero attached hydrogens (tertiary/aromatic N) is 3. The van der Waals surface area contributed by atoms with Crippen LogP contribution in [0.1, 0.15) is 26.7 Å². The first-order valence-corrected chi connectivity index (χ1v) is 9.78. The summed E-state index contributed by atoms with van der Waals surface area (Å²) in [5.74, 6) is 1.85. The highest BCUT2D eigenvalue weighted by Crippen LogP contribution is 2.04. The quantitative estimate of drug-likeness (QED) is 0.333. The molecule has 1 aromatic heterocycles. The van der Waals surface area contributed by atoms with Crippen molar-refractivity contribution in [3.63, 3.8) is 0 Å². The van der Waals surface area contributed by atoms with Gasteiger partial charge in [0.1, 0.15) is 5.82 Å². The lowest BCUT2D eigenvalue weighted by Gasteiger charge is -2.31. The van der Waals surface area contributed by atoms with Crippen LogP contribution in [0.4, 0.5) is 5.82 Å². The number of hydrogen-bond donors (Lipinski definition) is 3. The molecule has 1 unspecified atom stereocenters. The smallest absolute Gasteiger partial charge is 0.191 e. The van der Waals surface area contributed by atoms with Gasteiger partial charge >= 0.3 is 0 Å². The Bertz CT molecular complexity index is 504. The molecule has 3 N–H and O–H groups in total. The van der Waals surface area contributed by atoms with E-state index in [1.54, 1.807) is 6.20 Å². The molecule has 0 aliphatic carbocycles. The first-order chi connectivity index (χ1) is 12.8. The summed E-state index contributed by atoms with van der Waals surface area (Å²) in [5, 5.41) is 10.1. The maximum absolute atomic E-state index is 5.42. The molecule has 0 bridgehead atoms. The van der Waals surface area contributed by atoms with Gasteiger partial charge in [-0.3, -0.25) is 9.89 Å². The Morgan fingerprint density at radius 1 is 1.23 bits per heavy atom. The Morgan fingerprint density at radius 2 is 2.04 bits per heavy atom. The molecule has 7 nitrogen and oxygen atoms in total. The minimum absolute atomic E-state index is 0.442. The number of rotatable bonds is 10. The summed E-state index contributed by atoms with van der Waals surface area (Å²) in [7, 11) is 0. The molecule has 1 fully saturated rings. The molecule has 1 aromatic rings. The zero-order valence-corrected chi connectivity index (χ0v) is 16.2. The van der Waals surface area contributed by atoms with E-state index in [1.807, 2.05) is 18.2 Å². The van der Waals surface area contributed by atoms with Crippen molar-refractivity contribution in [2.45, 2.75) is 32.7 Å². The van der Waals surface area contributed by atoms with Crippen molar-refractivity contribution in [3.8, 4) is 0 Å². The second-order valence-electron chi connectivity index (χ2n) is 6.49. The van der Waals surface area contributed by atoms with E-state index < -0.39 is 0 Å². The molecule has 0 amide bonds. The molecule has 1 aliphatic heterocycles. The number of guanidine groups is 1. The molecule has 2 heterocycles. The maximum atomic E-state index is 5.42. The van der Waals surface area contributed by atoms with Gasteiger partial charge in [-0.25, -0.2) is 4.98 Å². The minimum Gasteiger partial charge on any atom is -0.379 e. The van der Waals surface area contributed by atoms with Crippen LogP contribution in [0.15, 0.2) is 29.4 Å². The van der Waals surface area contributed by atoms with Crippen LogP contribution in [-0.4, -0.2) is 74.4 Å². The van der Waals surface area contributed by atoms with E-state index in [2.05, 4.69) is 39.7 Å².